The summed E-state index contributed by atoms with van der Waals surface area (Å²) in [5.41, 5.74) is 0. The highest BCUT2D eigenvalue weighted by molar-refractivity contribution is 5.88. The molecule has 0 bridgehead atoms. The van der Waals surface area contributed by atoms with Crippen molar-refractivity contribution in [3.63, 3.8) is 0 Å². The average molecular weight is 155 g/mol. The van der Waals surface area contributed by atoms with Crippen LogP contribution < -0.4 is 0 Å². The molecule has 0 aromatic carbocycles. The van der Waals surface area contributed by atoms with E-state index in [1.54, 1.807) is 0 Å². The normalized spacial score (nSPS) is 23.8. The highest BCUT2D eigenvalue weighted by Crippen LogP contribution is 2.18. The van der Waals surface area contributed by atoms with Gasteiger partial charge in [0.2, 0.25) is 5.91 Å². The molecule has 1 aliphatic heterocycles. The van der Waals surface area contributed by atoms with Gasteiger partial charge in [0.1, 0.15) is 6.04 Å². The van der Waals surface area contributed by atoms with Crippen LogP contribution in [0, 0.1) is 0 Å². The van der Waals surface area contributed by atoms with Gasteiger partial charge < -0.3 is 10.0 Å². The third kappa shape index (κ3) is 1.24. The topological polar surface area (TPSA) is 57.6 Å². The molecule has 1 heterocycles. The molecule has 1 aliphatic rings. The van der Waals surface area contributed by atoms with Crippen LogP contribution in [0.25, 0.3) is 0 Å². The van der Waals surface area contributed by atoms with Crippen LogP contribution in [0.4, 0.5) is 0 Å². The fraction of sp³-hybridized carbons (Fsp3) is 0.429. The zero-order valence-corrected chi connectivity index (χ0v) is 5.99. The van der Waals surface area contributed by atoms with Crippen molar-refractivity contribution in [3.05, 3.63) is 12.8 Å². The third-order valence-corrected chi connectivity index (χ3v) is 1.74. The minimum atomic E-state index is -0.962. The number of hydrogen-bond acceptors (Lipinski definition) is 2. The lowest BCUT2D eigenvalue weighted by Crippen LogP contribution is -2.33. The van der Waals surface area contributed by atoms with E-state index in [4.69, 9.17) is 5.11 Å². The van der Waals surface area contributed by atoms with Gasteiger partial charge in [-0.05, 0) is 6.42 Å². The molecule has 0 aromatic heterocycles. The molecule has 0 aromatic rings. The summed E-state index contributed by atoms with van der Waals surface area (Å²) in [4.78, 5) is 22.6. The fourth-order valence-electron chi connectivity index (χ4n) is 1.17. The highest BCUT2D eigenvalue weighted by atomic mass is 16.4. The largest absolute Gasteiger partial charge is 0.480 e. The second-order valence-electron chi connectivity index (χ2n) is 2.38. The minimum absolute atomic E-state index is 0.160. The van der Waals surface area contributed by atoms with Crippen molar-refractivity contribution < 1.29 is 14.7 Å². The number of carboxylic acid groups (broad SMARTS) is 1. The zero-order valence-electron chi connectivity index (χ0n) is 5.99. The number of hydrogen-bond donors (Lipinski definition) is 1. The van der Waals surface area contributed by atoms with Crippen molar-refractivity contribution in [3.8, 4) is 0 Å². The number of rotatable bonds is 2. The number of carbonyl (C=O) groups excluding carboxylic acids is 1. The monoisotopic (exact) mass is 155 g/mol. The molecule has 0 saturated carbocycles. The van der Waals surface area contributed by atoms with E-state index < -0.39 is 12.0 Å². The van der Waals surface area contributed by atoms with Gasteiger partial charge in [0.05, 0.1) is 0 Å². The van der Waals surface area contributed by atoms with Crippen LogP contribution in [-0.2, 0) is 9.59 Å². The van der Waals surface area contributed by atoms with Gasteiger partial charge in [-0.25, -0.2) is 4.79 Å². The predicted octanol–water partition coefficient (Wildman–Crippen LogP) is 0.205. The summed E-state index contributed by atoms with van der Waals surface area (Å²) in [5, 5.41) is 8.59. The number of carboxylic acids is 1. The first-order valence-electron chi connectivity index (χ1n) is 3.33. The minimum Gasteiger partial charge on any atom is -0.480 e. The summed E-state index contributed by atoms with van der Waals surface area (Å²) in [7, 11) is 0. The number of aliphatic carboxylic acids is 1. The Hall–Kier alpha value is -1.32. The lowest BCUT2D eigenvalue weighted by atomic mass is 10.2. The smallest absolute Gasteiger partial charge is 0.326 e. The van der Waals surface area contributed by atoms with E-state index >= 15 is 0 Å². The molecule has 11 heavy (non-hydrogen) atoms. The van der Waals surface area contributed by atoms with E-state index in [0.29, 0.717) is 12.8 Å². The van der Waals surface area contributed by atoms with Crippen molar-refractivity contribution in [2.45, 2.75) is 18.9 Å². The summed E-state index contributed by atoms with van der Waals surface area (Å²) in [6.45, 7) is 3.37. The molecule has 1 saturated heterocycles. The Morgan fingerprint density at radius 3 is 2.82 bits per heavy atom. The Balaban J connectivity index is 2.76. The molecule has 4 heteroatoms. The Bertz CT molecular complexity index is 212. The molecule has 1 atom stereocenters. The van der Waals surface area contributed by atoms with E-state index in [1.807, 2.05) is 0 Å². The standard InChI is InChI=1S/C7H9NO3/c1-2-8-5(7(10)11)3-4-6(8)9/h2,5H,1,3-4H2,(H,10,11)/t5-/m0/s1. The SMILES string of the molecule is C=CN1C(=O)CC[C@H]1C(=O)O. The quantitative estimate of drug-likeness (QED) is 0.620. The molecular weight excluding hydrogens is 146 g/mol. The molecular formula is C7H9NO3. The Morgan fingerprint density at radius 2 is 2.45 bits per heavy atom. The fourth-order valence-corrected chi connectivity index (χ4v) is 1.17. The van der Waals surface area contributed by atoms with Crippen LogP contribution in [0.1, 0.15) is 12.8 Å². The van der Waals surface area contributed by atoms with Crippen molar-refractivity contribution in [1.82, 2.24) is 4.90 Å². The number of carbonyl (C=O) groups is 2. The summed E-state index contributed by atoms with van der Waals surface area (Å²) in [6, 6.07) is -0.694. The summed E-state index contributed by atoms with van der Waals surface area (Å²) in [5.74, 6) is -1.12. The van der Waals surface area contributed by atoms with Gasteiger partial charge in [-0.15, -0.1) is 0 Å². The second-order valence-corrected chi connectivity index (χ2v) is 2.38. The molecule has 0 unspecified atom stereocenters. The van der Waals surface area contributed by atoms with Crippen LogP contribution in [0.3, 0.4) is 0 Å². The van der Waals surface area contributed by atoms with E-state index in [0.717, 1.165) is 0 Å². The zero-order chi connectivity index (χ0) is 8.43. The van der Waals surface area contributed by atoms with Crippen LogP contribution in [-0.4, -0.2) is 27.9 Å². The third-order valence-electron chi connectivity index (χ3n) is 1.74. The van der Waals surface area contributed by atoms with Gasteiger partial charge in [-0.2, -0.15) is 0 Å². The first kappa shape index (κ1) is 7.78. The van der Waals surface area contributed by atoms with Crippen LogP contribution in [0.2, 0.25) is 0 Å². The van der Waals surface area contributed by atoms with Gasteiger partial charge in [0.25, 0.3) is 0 Å². The predicted molar refractivity (Wildman–Crippen MR) is 37.7 cm³/mol. The molecule has 1 fully saturated rings. The first-order chi connectivity index (χ1) is 5.16. The lowest BCUT2D eigenvalue weighted by molar-refractivity contribution is -0.144. The van der Waals surface area contributed by atoms with Crippen molar-refractivity contribution in [1.29, 1.82) is 0 Å². The maximum absolute atomic E-state index is 10.9. The molecule has 1 N–H and O–H groups in total. The van der Waals surface area contributed by atoms with Crippen molar-refractivity contribution in [2.24, 2.45) is 0 Å². The summed E-state index contributed by atoms with van der Waals surface area (Å²) < 4.78 is 0. The Labute approximate surface area is 64.1 Å². The van der Waals surface area contributed by atoms with E-state index in [1.165, 1.54) is 11.1 Å². The highest BCUT2D eigenvalue weighted by Gasteiger charge is 2.33. The molecule has 0 radical (unpaired) electrons. The van der Waals surface area contributed by atoms with Gasteiger partial charge in [0.15, 0.2) is 0 Å². The first-order valence-corrected chi connectivity index (χ1v) is 3.33. The Morgan fingerprint density at radius 1 is 1.82 bits per heavy atom. The molecule has 0 spiro atoms. The molecule has 1 amide bonds. The maximum atomic E-state index is 10.9. The van der Waals surface area contributed by atoms with Crippen LogP contribution in [0.5, 0.6) is 0 Å². The molecule has 1 rings (SSSR count). The molecule has 60 valence electrons. The van der Waals surface area contributed by atoms with Crippen molar-refractivity contribution in [2.75, 3.05) is 0 Å². The summed E-state index contributed by atoms with van der Waals surface area (Å²) >= 11 is 0. The number of amides is 1. The average Bonchev–Trinajstić information content (AvgIpc) is 2.30. The van der Waals surface area contributed by atoms with Gasteiger partial charge >= 0.3 is 5.97 Å². The van der Waals surface area contributed by atoms with Crippen LogP contribution in [0.15, 0.2) is 12.8 Å². The summed E-state index contributed by atoms with van der Waals surface area (Å²) in [6.07, 6.45) is 1.97. The van der Waals surface area contributed by atoms with E-state index in [9.17, 15) is 9.59 Å². The van der Waals surface area contributed by atoms with Crippen LogP contribution >= 0.6 is 0 Å². The lowest BCUT2D eigenvalue weighted by Gasteiger charge is -2.15. The van der Waals surface area contributed by atoms with E-state index in [-0.39, 0.29) is 5.91 Å². The van der Waals surface area contributed by atoms with Gasteiger partial charge in [-0.1, -0.05) is 6.58 Å². The number of likely N-dealkylation sites (tertiary alicyclic amines) is 1. The maximum Gasteiger partial charge on any atom is 0.326 e. The van der Waals surface area contributed by atoms with Crippen molar-refractivity contribution >= 4 is 11.9 Å². The Kier molecular flexibility index (Phi) is 1.94. The van der Waals surface area contributed by atoms with E-state index in [2.05, 4.69) is 6.58 Å². The molecule has 4 nitrogen and oxygen atoms in total. The van der Waals surface area contributed by atoms with Gasteiger partial charge in [-0.3, -0.25) is 4.79 Å². The number of nitrogens with zero attached hydrogens (tertiary/aromatic N) is 1. The second kappa shape index (κ2) is 2.74. The van der Waals surface area contributed by atoms with Gasteiger partial charge in [0, 0.05) is 12.6 Å². The molecule has 0 aliphatic carbocycles.